The quantitative estimate of drug-likeness (QED) is 0.650. The Morgan fingerprint density at radius 2 is 2.35 bits per heavy atom. The van der Waals surface area contributed by atoms with Crippen molar-refractivity contribution in [3.63, 3.8) is 0 Å². The van der Waals surface area contributed by atoms with Crippen molar-refractivity contribution < 1.29 is 14.3 Å². The predicted molar refractivity (Wildman–Crippen MR) is 65.1 cm³/mol. The van der Waals surface area contributed by atoms with E-state index in [1.54, 1.807) is 18.2 Å². The van der Waals surface area contributed by atoms with Gasteiger partial charge in [-0.2, -0.15) is 0 Å². The molecule has 0 spiro atoms. The minimum atomic E-state index is -0.483. The Labute approximate surface area is 105 Å². The number of ether oxygens (including phenoxy) is 2. The van der Waals surface area contributed by atoms with Gasteiger partial charge in [-0.25, -0.2) is 4.79 Å². The second-order valence-electron chi connectivity index (χ2n) is 3.95. The maximum atomic E-state index is 11.9. The highest BCUT2D eigenvalue weighted by Gasteiger charge is 2.22. The van der Waals surface area contributed by atoms with E-state index < -0.39 is 5.97 Å². The summed E-state index contributed by atoms with van der Waals surface area (Å²) >= 11 is 5.93. The molecule has 0 aliphatic carbocycles. The molecule has 2 rings (SSSR count). The molecule has 1 aliphatic rings. The topological polar surface area (TPSA) is 61.6 Å². The molecule has 0 saturated carbocycles. The van der Waals surface area contributed by atoms with Crippen molar-refractivity contribution in [1.29, 1.82) is 0 Å². The normalized spacial score (nSPS) is 19.9. The molecule has 0 bridgehead atoms. The highest BCUT2D eigenvalue weighted by Crippen LogP contribution is 2.24. The number of nitrogens with two attached hydrogens (primary N) is 1. The van der Waals surface area contributed by atoms with Crippen molar-refractivity contribution in [1.82, 2.24) is 0 Å². The number of carbonyl (C=O) groups excluding carboxylic acids is 1. The average Bonchev–Trinajstić information content (AvgIpc) is 2.30. The lowest BCUT2D eigenvalue weighted by molar-refractivity contribution is -0.0305. The lowest BCUT2D eigenvalue weighted by atomic mass is 10.1. The summed E-state index contributed by atoms with van der Waals surface area (Å²) in [5.74, 6) is -0.483. The van der Waals surface area contributed by atoms with Crippen LogP contribution < -0.4 is 5.73 Å². The molecule has 1 fully saturated rings. The number of rotatable bonds is 2. The monoisotopic (exact) mass is 255 g/mol. The maximum Gasteiger partial charge on any atom is 0.342 e. The van der Waals surface area contributed by atoms with Crippen molar-refractivity contribution in [3.8, 4) is 0 Å². The molecule has 1 aromatic carbocycles. The summed E-state index contributed by atoms with van der Waals surface area (Å²) in [6, 6.07) is 4.93. The summed E-state index contributed by atoms with van der Waals surface area (Å²) in [6.07, 6.45) is 1.51. The van der Waals surface area contributed by atoms with Gasteiger partial charge in [0.05, 0.1) is 11.6 Å². The SMILES string of the molecule is Nc1cccc(Cl)c1C(=O)OC1CCCOC1. The number of benzene rings is 1. The van der Waals surface area contributed by atoms with E-state index in [-0.39, 0.29) is 11.7 Å². The smallest absolute Gasteiger partial charge is 0.342 e. The standard InChI is InChI=1S/C12H14ClNO3/c13-9-4-1-5-10(14)11(9)12(15)17-8-3-2-6-16-7-8/h1,4-5,8H,2-3,6-7,14H2. The van der Waals surface area contributed by atoms with Gasteiger partial charge in [0, 0.05) is 12.3 Å². The fourth-order valence-electron chi connectivity index (χ4n) is 1.77. The Balaban J connectivity index is 2.08. The largest absolute Gasteiger partial charge is 0.456 e. The molecule has 1 atom stereocenters. The third-order valence-corrected chi connectivity index (χ3v) is 2.96. The van der Waals surface area contributed by atoms with E-state index in [4.69, 9.17) is 26.8 Å². The van der Waals surface area contributed by atoms with E-state index in [0.29, 0.717) is 17.3 Å². The number of nitrogen functional groups attached to an aromatic ring is 1. The second-order valence-corrected chi connectivity index (χ2v) is 4.36. The van der Waals surface area contributed by atoms with Gasteiger partial charge in [0.15, 0.2) is 0 Å². The van der Waals surface area contributed by atoms with Crippen molar-refractivity contribution in [3.05, 3.63) is 28.8 Å². The van der Waals surface area contributed by atoms with Gasteiger partial charge in [-0.3, -0.25) is 0 Å². The zero-order valence-electron chi connectivity index (χ0n) is 9.32. The number of anilines is 1. The van der Waals surface area contributed by atoms with Crippen molar-refractivity contribution in [2.75, 3.05) is 18.9 Å². The van der Waals surface area contributed by atoms with Crippen LogP contribution in [0.15, 0.2) is 18.2 Å². The molecule has 1 aliphatic heterocycles. The Hall–Kier alpha value is -1.26. The second kappa shape index (κ2) is 5.38. The molecule has 1 aromatic rings. The molecule has 2 N–H and O–H groups in total. The summed E-state index contributed by atoms with van der Waals surface area (Å²) in [6.45, 7) is 1.17. The van der Waals surface area contributed by atoms with E-state index >= 15 is 0 Å². The summed E-state index contributed by atoms with van der Waals surface area (Å²) < 4.78 is 10.5. The van der Waals surface area contributed by atoms with Crippen LogP contribution >= 0.6 is 11.6 Å². The first-order valence-corrected chi connectivity index (χ1v) is 5.89. The van der Waals surface area contributed by atoms with Gasteiger partial charge in [-0.05, 0) is 25.0 Å². The minimum absolute atomic E-state index is 0.202. The van der Waals surface area contributed by atoms with E-state index in [0.717, 1.165) is 19.4 Å². The van der Waals surface area contributed by atoms with Crippen LogP contribution in [0.2, 0.25) is 5.02 Å². The molecule has 1 saturated heterocycles. The molecule has 5 heteroatoms. The highest BCUT2D eigenvalue weighted by molar-refractivity contribution is 6.34. The van der Waals surface area contributed by atoms with Gasteiger partial charge in [0.2, 0.25) is 0 Å². The fraction of sp³-hybridized carbons (Fsp3) is 0.417. The van der Waals surface area contributed by atoms with Crippen molar-refractivity contribution in [2.45, 2.75) is 18.9 Å². The molecular formula is C12H14ClNO3. The Morgan fingerprint density at radius 1 is 1.53 bits per heavy atom. The Bertz CT molecular complexity index is 396. The molecule has 92 valence electrons. The molecule has 17 heavy (non-hydrogen) atoms. The van der Waals surface area contributed by atoms with Crippen molar-refractivity contribution >= 4 is 23.3 Å². The average molecular weight is 256 g/mol. The number of esters is 1. The molecule has 0 aromatic heterocycles. The summed E-state index contributed by atoms with van der Waals surface area (Å²) in [7, 11) is 0. The molecule has 0 amide bonds. The van der Waals surface area contributed by atoms with Crippen LogP contribution in [0.3, 0.4) is 0 Å². The molecular weight excluding hydrogens is 242 g/mol. The third-order valence-electron chi connectivity index (χ3n) is 2.64. The van der Waals surface area contributed by atoms with E-state index in [9.17, 15) is 4.79 Å². The fourth-order valence-corrected chi connectivity index (χ4v) is 2.03. The van der Waals surface area contributed by atoms with Crippen molar-refractivity contribution in [2.24, 2.45) is 0 Å². The molecule has 0 radical (unpaired) electrons. The van der Waals surface area contributed by atoms with Gasteiger partial charge < -0.3 is 15.2 Å². The van der Waals surface area contributed by atoms with Crippen LogP contribution in [0.25, 0.3) is 0 Å². The highest BCUT2D eigenvalue weighted by atomic mass is 35.5. The number of hydrogen-bond acceptors (Lipinski definition) is 4. The maximum absolute atomic E-state index is 11.9. The molecule has 4 nitrogen and oxygen atoms in total. The van der Waals surface area contributed by atoms with Gasteiger partial charge in [-0.1, -0.05) is 17.7 Å². The first kappa shape index (κ1) is 12.2. The minimum Gasteiger partial charge on any atom is -0.456 e. The first-order chi connectivity index (χ1) is 8.18. The predicted octanol–water partition coefficient (Wildman–Crippen LogP) is 2.26. The van der Waals surface area contributed by atoms with Gasteiger partial charge in [0.25, 0.3) is 0 Å². The van der Waals surface area contributed by atoms with Crippen LogP contribution in [0.5, 0.6) is 0 Å². The zero-order valence-corrected chi connectivity index (χ0v) is 10.1. The van der Waals surface area contributed by atoms with Crippen LogP contribution in [-0.2, 0) is 9.47 Å². The lowest BCUT2D eigenvalue weighted by Gasteiger charge is -2.22. The van der Waals surface area contributed by atoms with E-state index in [1.165, 1.54) is 0 Å². The Morgan fingerprint density at radius 3 is 3.00 bits per heavy atom. The van der Waals surface area contributed by atoms with Crippen LogP contribution in [0, 0.1) is 0 Å². The Kier molecular flexibility index (Phi) is 3.86. The van der Waals surface area contributed by atoms with Gasteiger partial charge in [0.1, 0.15) is 11.7 Å². The lowest BCUT2D eigenvalue weighted by Crippen LogP contribution is -2.28. The number of hydrogen-bond donors (Lipinski definition) is 1. The van der Waals surface area contributed by atoms with Gasteiger partial charge in [-0.15, -0.1) is 0 Å². The van der Waals surface area contributed by atoms with Crippen LogP contribution in [0.1, 0.15) is 23.2 Å². The third kappa shape index (κ3) is 2.90. The van der Waals surface area contributed by atoms with Gasteiger partial charge >= 0.3 is 5.97 Å². The molecule has 1 unspecified atom stereocenters. The van der Waals surface area contributed by atoms with E-state index in [2.05, 4.69) is 0 Å². The van der Waals surface area contributed by atoms with Crippen LogP contribution in [0.4, 0.5) is 5.69 Å². The first-order valence-electron chi connectivity index (χ1n) is 5.51. The molecule has 1 heterocycles. The zero-order chi connectivity index (χ0) is 12.3. The summed E-state index contributed by atoms with van der Waals surface area (Å²) in [5.41, 5.74) is 6.28. The summed E-state index contributed by atoms with van der Waals surface area (Å²) in [4.78, 5) is 11.9. The number of halogens is 1. The summed E-state index contributed by atoms with van der Waals surface area (Å²) in [5, 5.41) is 0.312. The van der Waals surface area contributed by atoms with Crippen LogP contribution in [-0.4, -0.2) is 25.3 Å². The van der Waals surface area contributed by atoms with E-state index in [1.807, 2.05) is 0 Å². The number of carbonyl (C=O) groups is 1.